The lowest BCUT2D eigenvalue weighted by Crippen LogP contribution is -2.47. The Morgan fingerprint density at radius 1 is 1.04 bits per heavy atom. The van der Waals surface area contributed by atoms with E-state index in [1.54, 1.807) is 6.07 Å². The van der Waals surface area contributed by atoms with Crippen LogP contribution in [0.25, 0.3) is 0 Å². The lowest BCUT2D eigenvalue weighted by Gasteiger charge is -2.24. The summed E-state index contributed by atoms with van der Waals surface area (Å²) in [5, 5.41) is 18.4. The largest absolute Gasteiger partial charge is 0.417 e. The highest BCUT2D eigenvalue weighted by molar-refractivity contribution is 7.99. The smallest absolute Gasteiger partial charge is 0.394 e. The van der Waals surface area contributed by atoms with Crippen molar-refractivity contribution in [3.05, 3.63) is 29.3 Å². The summed E-state index contributed by atoms with van der Waals surface area (Å²) in [6, 6.07) is 4.35. The first kappa shape index (κ1) is 23.3. The Bertz CT molecular complexity index is 534. The van der Waals surface area contributed by atoms with Crippen LogP contribution in [0.2, 0.25) is 0 Å². The minimum absolute atomic E-state index is 0.210. The number of aliphatic hydroxyl groups excluding tert-OH is 2. The molecule has 0 aliphatic heterocycles. The number of rotatable bonds is 12. The zero-order valence-electron chi connectivity index (χ0n) is 15.3. The molecule has 0 saturated carbocycles. The van der Waals surface area contributed by atoms with E-state index in [1.165, 1.54) is 17.8 Å². The molecule has 150 valence electrons. The average Bonchev–Trinajstić information content (AvgIpc) is 2.62. The molecule has 0 aromatic heterocycles. The van der Waals surface area contributed by atoms with E-state index in [4.69, 9.17) is 5.73 Å². The Hall–Kier alpha value is -0.760. The fourth-order valence-electron chi connectivity index (χ4n) is 2.57. The van der Waals surface area contributed by atoms with Crippen molar-refractivity contribution < 1.29 is 23.4 Å². The predicted octanol–water partition coefficient (Wildman–Crippen LogP) is 4.38. The Balaban J connectivity index is 2.74. The number of nitrogens with two attached hydrogens (primary N) is 1. The van der Waals surface area contributed by atoms with Crippen molar-refractivity contribution in [2.24, 2.45) is 5.73 Å². The third kappa shape index (κ3) is 7.86. The van der Waals surface area contributed by atoms with Gasteiger partial charge in [0.1, 0.15) is 0 Å². The third-order valence-electron chi connectivity index (χ3n) is 4.40. The van der Waals surface area contributed by atoms with E-state index in [9.17, 15) is 23.4 Å². The van der Waals surface area contributed by atoms with Gasteiger partial charge < -0.3 is 15.9 Å². The minimum Gasteiger partial charge on any atom is -0.394 e. The first-order valence-electron chi connectivity index (χ1n) is 9.09. The van der Waals surface area contributed by atoms with Crippen LogP contribution in [0.1, 0.15) is 56.6 Å². The summed E-state index contributed by atoms with van der Waals surface area (Å²) in [7, 11) is 0. The van der Waals surface area contributed by atoms with E-state index in [0.29, 0.717) is 11.3 Å². The first-order valence-corrected chi connectivity index (χ1v) is 10.1. The highest BCUT2D eigenvalue weighted by atomic mass is 32.2. The van der Waals surface area contributed by atoms with Crippen LogP contribution in [-0.2, 0) is 12.6 Å². The van der Waals surface area contributed by atoms with Gasteiger partial charge in [-0.1, -0.05) is 38.7 Å². The van der Waals surface area contributed by atoms with Crippen LogP contribution >= 0.6 is 11.8 Å². The number of alkyl halides is 3. The van der Waals surface area contributed by atoms with Gasteiger partial charge in [0.2, 0.25) is 0 Å². The molecule has 7 heteroatoms. The second-order valence-corrected chi connectivity index (χ2v) is 7.91. The van der Waals surface area contributed by atoms with Crippen LogP contribution in [0.5, 0.6) is 0 Å². The van der Waals surface area contributed by atoms with Gasteiger partial charge in [-0.3, -0.25) is 0 Å². The molecule has 0 fully saturated rings. The molecule has 26 heavy (non-hydrogen) atoms. The summed E-state index contributed by atoms with van der Waals surface area (Å²) in [4.78, 5) is 0.250. The van der Waals surface area contributed by atoms with Gasteiger partial charge in [0.05, 0.1) is 24.3 Å². The van der Waals surface area contributed by atoms with E-state index < -0.39 is 30.5 Å². The maximum absolute atomic E-state index is 13.4. The summed E-state index contributed by atoms with van der Waals surface area (Å²) < 4.78 is 40.2. The molecule has 0 unspecified atom stereocenters. The Labute approximate surface area is 158 Å². The molecule has 4 N–H and O–H groups in total. The van der Waals surface area contributed by atoms with E-state index in [0.717, 1.165) is 38.2 Å². The quantitative estimate of drug-likeness (QED) is 0.364. The standard InChI is InChI=1S/C19H30F3NO2S/c1-2-3-4-5-6-11-26-17-8-7-15(12-16(17)19(20,21)22)9-10-18(23,13-24)14-25/h7-8,12,24-25H,2-6,9-11,13-14,23H2,1H3. The van der Waals surface area contributed by atoms with Gasteiger partial charge in [-0.2, -0.15) is 13.2 Å². The monoisotopic (exact) mass is 393 g/mol. The van der Waals surface area contributed by atoms with Gasteiger partial charge in [0, 0.05) is 4.90 Å². The molecule has 1 aromatic rings. The number of aryl methyl sites for hydroxylation is 1. The van der Waals surface area contributed by atoms with Crippen molar-refractivity contribution in [3.63, 3.8) is 0 Å². The summed E-state index contributed by atoms with van der Waals surface area (Å²) >= 11 is 1.25. The highest BCUT2D eigenvalue weighted by Gasteiger charge is 2.34. The number of thioether (sulfide) groups is 1. The van der Waals surface area contributed by atoms with Gasteiger partial charge in [-0.05, 0) is 42.7 Å². The summed E-state index contributed by atoms with van der Waals surface area (Å²) in [5.41, 5.74) is 4.49. The normalized spacial score (nSPS) is 12.6. The van der Waals surface area contributed by atoms with Gasteiger partial charge in [-0.25, -0.2) is 0 Å². The summed E-state index contributed by atoms with van der Waals surface area (Å²) in [6.07, 6.45) is 1.45. The Morgan fingerprint density at radius 2 is 1.69 bits per heavy atom. The number of hydrogen-bond donors (Lipinski definition) is 3. The fraction of sp³-hybridized carbons (Fsp3) is 0.684. The van der Waals surface area contributed by atoms with Gasteiger partial charge in [0.25, 0.3) is 0 Å². The third-order valence-corrected chi connectivity index (χ3v) is 5.56. The molecule has 0 amide bonds. The number of aliphatic hydroxyl groups is 2. The molecular formula is C19H30F3NO2S. The predicted molar refractivity (Wildman–Crippen MR) is 100 cm³/mol. The minimum atomic E-state index is -4.41. The molecule has 0 aliphatic carbocycles. The van der Waals surface area contributed by atoms with Gasteiger partial charge in [0.15, 0.2) is 0 Å². The van der Waals surface area contributed by atoms with Gasteiger partial charge >= 0.3 is 6.18 Å². The SMILES string of the molecule is CCCCCCCSc1ccc(CCC(N)(CO)CO)cc1C(F)(F)F. The fourth-order valence-corrected chi connectivity index (χ4v) is 3.63. The molecule has 3 nitrogen and oxygen atoms in total. The van der Waals surface area contributed by atoms with Crippen molar-refractivity contribution >= 4 is 11.8 Å². The lowest BCUT2D eigenvalue weighted by atomic mass is 9.93. The zero-order valence-corrected chi connectivity index (χ0v) is 16.1. The lowest BCUT2D eigenvalue weighted by molar-refractivity contribution is -0.139. The average molecular weight is 394 g/mol. The summed E-state index contributed by atoms with van der Waals surface area (Å²) in [6.45, 7) is 1.30. The van der Waals surface area contributed by atoms with Crippen LogP contribution < -0.4 is 5.73 Å². The Morgan fingerprint density at radius 3 is 2.27 bits per heavy atom. The summed E-state index contributed by atoms with van der Waals surface area (Å²) in [5.74, 6) is 0.674. The van der Waals surface area contributed by atoms with Crippen molar-refractivity contribution in [2.45, 2.75) is 68.5 Å². The number of unbranched alkanes of at least 4 members (excludes halogenated alkanes) is 4. The second kappa shape index (κ2) is 11.2. The topological polar surface area (TPSA) is 66.5 Å². The van der Waals surface area contributed by atoms with Crippen molar-refractivity contribution in [3.8, 4) is 0 Å². The van der Waals surface area contributed by atoms with Gasteiger partial charge in [-0.15, -0.1) is 11.8 Å². The molecule has 0 saturated heterocycles. The maximum Gasteiger partial charge on any atom is 0.417 e. The maximum atomic E-state index is 13.4. The molecule has 0 radical (unpaired) electrons. The van der Waals surface area contributed by atoms with Crippen LogP contribution in [0.4, 0.5) is 13.2 Å². The van der Waals surface area contributed by atoms with E-state index in [-0.39, 0.29) is 17.7 Å². The van der Waals surface area contributed by atoms with Crippen molar-refractivity contribution in [1.29, 1.82) is 0 Å². The molecule has 0 spiro atoms. The molecular weight excluding hydrogens is 363 g/mol. The van der Waals surface area contributed by atoms with Crippen LogP contribution in [0.3, 0.4) is 0 Å². The van der Waals surface area contributed by atoms with Crippen molar-refractivity contribution in [1.82, 2.24) is 0 Å². The van der Waals surface area contributed by atoms with E-state index in [2.05, 4.69) is 6.92 Å². The van der Waals surface area contributed by atoms with E-state index >= 15 is 0 Å². The molecule has 1 rings (SSSR count). The highest BCUT2D eigenvalue weighted by Crippen LogP contribution is 2.38. The first-order chi connectivity index (χ1) is 12.3. The molecule has 0 heterocycles. The number of hydrogen-bond acceptors (Lipinski definition) is 4. The van der Waals surface area contributed by atoms with Crippen LogP contribution in [0.15, 0.2) is 23.1 Å². The number of benzene rings is 1. The second-order valence-electron chi connectivity index (χ2n) is 6.77. The van der Waals surface area contributed by atoms with Crippen molar-refractivity contribution in [2.75, 3.05) is 19.0 Å². The van der Waals surface area contributed by atoms with Crippen LogP contribution in [-0.4, -0.2) is 34.7 Å². The zero-order chi connectivity index (χ0) is 19.6. The molecule has 0 bridgehead atoms. The van der Waals surface area contributed by atoms with Crippen LogP contribution in [0, 0.1) is 0 Å². The van der Waals surface area contributed by atoms with E-state index in [1.807, 2.05) is 0 Å². The molecule has 0 atom stereocenters. The molecule has 1 aromatic carbocycles. The Kier molecular flexibility index (Phi) is 10.00. The number of halogens is 3. The molecule has 0 aliphatic rings.